The van der Waals surface area contributed by atoms with E-state index in [0.29, 0.717) is 21.5 Å². The van der Waals surface area contributed by atoms with E-state index in [4.69, 9.17) is 0 Å². The van der Waals surface area contributed by atoms with Crippen LogP contribution in [0.25, 0.3) is 21.5 Å². The Balaban J connectivity index is 2.57. The smallest absolute Gasteiger partial charge is 0.131 e. The van der Waals surface area contributed by atoms with E-state index >= 15 is 0 Å². The maximum atomic E-state index is 13.6. The highest BCUT2D eigenvalue weighted by Crippen LogP contribution is 2.35. The van der Waals surface area contributed by atoms with E-state index < -0.39 is 0 Å². The van der Waals surface area contributed by atoms with E-state index in [-0.39, 0.29) is 17.3 Å². The molecule has 2 N–H and O–H groups in total. The molecule has 0 aromatic heterocycles. The fourth-order valence-electron chi connectivity index (χ4n) is 2.05. The first-order valence-electron chi connectivity index (χ1n) is 5.20. The molecule has 84 valence electrons. The number of benzene rings is 3. The van der Waals surface area contributed by atoms with Crippen molar-refractivity contribution < 1.29 is 14.6 Å². The van der Waals surface area contributed by atoms with Crippen LogP contribution in [-0.2, 0) is 0 Å². The Bertz CT molecular complexity index is 735. The van der Waals surface area contributed by atoms with Crippen molar-refractivity contribution in [2.75, 3.05) is 0 Å². The van der Waals surface area contributed by atoms with E-state index in [9.17, 15) is 14.6 Å². The summed E-state index contributed by atoms with van der Waals surface area (Å²) in [6.07, 6.45) is 0. The van der Waals surface area contributed by atoms with Gasteiger partial charge in [0, 0.05) is 16.2 Å². The van der Waals surface area contributed by atoms with Gasteiger partial charge in [0.05, 0.1) is 0 Å². The van der Waals surface area contributed by atoms with Crippen LogP contribution in [0.2, 0.25) is 0 Å². The van der Waals surface area contributed by atoms with Crippen molar-refractivity contribution in [1.29, 1.82) is 0 Å². The minimum Gasteiger partial charge on any atom is -0.507 e. The summed E-state index contributed by atoms with van der Waals surface area (Å²) in [5, 5.41) is 21.5. The van der Waals surface area contributed by atoms with Crippen molar-refractivity contribution in [3.05, 3.63) is 48.3 Å². The van der Waals surface area contributed by atoms with Gasteiger partial charge in [-0.15, -0.1) is 0 Å². The second-order valence-corrected chi connectivity index (χ2v) is 3.96. The summed E-state index contributed by atoms with van der Waals surface area (Å²) < 4.78 is 13.6. The highest BCUT2D eigenvalue weighted by atomic mass is 19.1. The molecule has 0 saturated carbocycles. The summed E-state index contributed by atoms with van der Waals surface area (Å²) in [6, 6.07) is 10.8. The lowest BCUT2D eigenvalue weighted by Gasteiger charge is -2.06. The van der Waals surface area contributed by atoms with Crippen molar-refractivity contribution in [3.8, 4) is 11.5 Å². The Morgan fingerprint density at radius 1 is 0.765 bits per heavy atom. The number of hydrogen-bond donors (Lipinski definition) is 2. The lowest BCUT2D eigenvalue weighted by molar-refractivity contribution is 0.469. The van der Waals surface area contributed by atoms with Crippen LogP contribution in [0.4, 0.5) is 4.39 Å². The lowest BCUT2D eigenvalue weighted by atomic mass is 10.0. The summed E-state index contributed by atoms with van der Waals surface area (Å²) in [7, 11) is 0. The summed E-state index contributed by atoms with van der Waals surface area (Å²) >= 11 is 0. The van der Waals surface area contributed by atoms with E-state index in [1.165, 1.54) is 18.2 Å². The van der Waals surface area contributed by atoms with E-state index in [1.807, 2.05) is 0 Å². The fraction of sp³-hybridized carbons (Fsp3) is 0. The third-order valence-electron chi connectivity index (χ3n) is 2.92. The second kappa shape index (κ2) is 3.35. The largest absolute Gasteiger partial charge is 0.507 e. The van der Waals surface area contributed by atoms with Gasteiger partial charge in [-0.2, -0.15) is 0 Å². The molecule has 0 heterocycles. The van der Waals surface area contributed by atoms with E-state index in [0.717, 1.165) is 0 Å². The first kappa shape index (κ1) is 9.90. The topological polar surface area (TPSA) is 40.5 Å². The molecule has 0 radical (unpaired) electrons. The van der Waals surface area contributed by atoms with Crippen molar-refractivity contribution >= 4 is 21.5 Å². The number of fused-ring (bicyclic) bond motifs is 2. The van der Waals surface area contributed by atoms with Gasteiger partial charge in [-0.1, -0.05) is 12.1 Å². The molecule has 3 heteroatoms. The van der Waals surface area contributed by atoms with E-state index in [2.05, 4.69) is 0 Å². The van der Waals surface area contributed by atoms with Crippen molar-refractivity contribution in [2.45, 2.75) is 0 Å². The molecule has 0 atom stereocenters. The molecule has 3 aromatic rings. The zero-order valence-corrected chi connectivity index (χ0v) is 8.81. The van der Waals surface area contributed by atoms with Gasteiger partial charge >= 0.3 is 0 Å². The number of halogens is 1. The fourth-order valence-corrected chi connectivity index (χ4v) is 2.05. The van der Waals surface area contributed by atoms with Gasteiger partial charge in [-0.3, -0.25) is 0 Å². The molecule has 0 fully saturated rings. The van der Waals surface area contributed by atoms with Crippen molar-refractivity contribution in [1.82, 2.24) is 0 Å². The third-order valence-corrected chi connectivity index (χ3v) is 2.92. The summed E-state index contributed by atoms with van der Waals surface area (Å²) in [6.45, 7) is 0. The molecule has 3 rings (SSSR count). The molecule has 0 amide bonds. The molecule has 0 bridgehead atoms. The highest BCUT2D eigenvalue weighted by molar-refractivity contribution is 6.03. The number of aromatic hydroxyl groups is 2. The van der Waals surface area contributed by atoms with Gasteiger partial charge in [0.25, 0.3) is 0 Å². The average molecular weight is 228 g/mol. The molecule has 0 saturated heterocycles. The van der Waals surface area contributed by atoms with Crippen LogP contribution in [0.3, 0.4) is 0 Å². The van der Waals surface area contributed by atoms with Gasteiger partial charge in [0.1, 0.15) is 17.3 Å². The van der Waals surface area contributed by atoms with Gasteiger partial charge < -0.3 is 10.2 Å². The van der Waals surface area contributed by atoms with Crippen LogP contribution in [-0.4, -0.2) is 10.2 Å². The Hall–Kier alpha value is -2.29. The number of rotatable bonds is 0. The highest BCUT2D eigenvalue weighted by Gasteiger charge is 2.08. The minimum absolute atomic E-state index is 0.0305. The first-order valence-corrected chi connectivity index (χ1v) is 5.20. The van der Waals surface area contributed by atoms with Gasteiger partial charge in [0.2, 0.25) is 0 Å². The SMILES string of the molecule is Oc1ccc(O)c2cc3c(F)cccc3cc12. The second-order valence-electron chi connectivity index (χ2n) is 3.96. The molecule has 17 heavy (non-hydrogen) atoms. The van der Waals surface area contributed by atoms with Crippen LogP contribution < -0.4 is 0 Å². The Labute approximate surface area is 96.5 Å². The molecule has 0 aliphatic rings. The van der Waals surface area contributed by atoms with Crippen LogP contribution >= 0.6 is 0 Å². The number of phenols is 2. The van der Waals surface area contributed by atoms with Gasteiger partial charge in [-0.25, -0.2) is 4.39 Å². The first-order chi connectivity index (χ1) is 8.16. The maximum absolute atomic E-state index is 13.6. The molecular weight excluding hydrogens is 219 g/mol. The maximum Gasteiger partial charge on any atom is 0.131 e. The minimum atomic E-state index is -0.341. The zero-order valence-electron chi connectivity index (χ0n) is 8.81. The quantitative estimate of drug-likeness (QED) is 0.456. The van der Waals surface area contributed by atoms with Crippen LogP contribution in [0.15, 0.2) is 42.5 Å². The Morgan fingerprint density at radius 2 is 1.41 bits per heavy atom. The number of phenolic OH excluding ortho intramolecular Hbond substituents is 2. The Kier molecular flexibility index (Phi) is 1.95. The summed E-state index contributed by atoms with van der Waals surface area (Å²) in [5.74, 6) is -0.237. The lowest BCUT2D eigenvalue weighted by Crippen LogP contribution is -1.82. The van der Waals surface area contributed by atoms with E-state index in [1.54, 1.807) is 24.3 Å². The molecule has 2 nitrogen and oxygen atoms in total. The normalized spacial score (nSPS) is 11.1. The molecule has 3 aromatic carbocycles. The molecular formula is C14H9FO2. The third kappa shape index (κ3) is 1.40. The zero-order chi connectivity index (χ0) is 12.0. The Morgan fingerprint density at radius 3 is 2.12 bits per heavy atom. The number of hydrogen-bond acceptors (Lipinski definition) is 2. The standard InChI is InChI=1S/C14H9FO2/c15-12-3-1-2-8-6-10-11(7-9(8)12)14(17)5-4-13(10)16/h1-7,16-17H. The van der Waals surface area contributed by atoms with Crippen LogP contribution in [0.5, 0.6) is 11.5 Å². The van der Waals surface area contributed by atoms with Crippen LogP contribution in [0.1, 0.15) is 0 Å². The predicted molar refractivity (Wildman–Crippen MR) is 64.7 cm³/mol. The molecule has 0 aliphatic carbocycles. The summed E-state index contributed by atoms with van der Waals surface area (Å²) in [4.78, 5) is 0. The predicted octanol–water partition coefficient (Wildman–Crippen LogP) is 3.54. The molecule has 0 unspecified atom stereocenters. The van der Waals surface area contributed by atoms with Crippen LogP contribution in [0, 0.1) is 5.82 Å². The molecule has 0 spiro atoms. The molecule has 0 aliphatic heterocycles. The monoisotopic (exact) mass is 228 g/mol. The average Bonchev–Trinajstić information content (AvgIpc) is 2.33. The van der Waals surface area contributed by atoms with Gasteiger partial charge in [-0.05, 0) is 35.7 Å². The van der Waals surface area contributed by atoms with Gasteiger partial charge in [0.15, 0.2) is 0 Å². The van der Waals surface area contributed by atoms with Crippen molar-refractivity contribution in [3.63, 3.8) is 0 Å². The summed E-state index contributed by atoms with van der Waals surface area (Å²) in [5.41, 5.74) is 0. The van der Waals surface area contributed by atoms with Crippen molar-refractivity contribution in [2.24, 2.45) is 0 Å².